The van der Waals surface area contributed by atoms with Gasteiger partial charge in [-0.3, -0.25) is 30.0 Å². The molecule has 0 heterocycles. The molecule has 42 heavy (non-hydrogen) atoms. The van der Waals surface area contributed by atoms with Crippen molar-refractivity contribution in [2.45, 2.75) is 56.8 Å². The molecule has 0 aliphatic heterocycles. The van der Waals surface area contributed by atoms with Gasteiger partial charge in [0, 0.05) is 25.4 Å². The summed E-state index contributed by atoms with van der Waals surface area (Å²) in [6, 6.07) is 3.46. The maximum atomic E-state index is 13.3. The summed E-state index contributed by atoms with van der Waals surface area (Å²) >= 11 is 3.94. The third-order valence-electron chi connectivity index (χ3n) is 5.83. The van der Waals surface area contributed by atoms with E-state index in [0.29, 0.717) is 31.4 Å². The van der Waals surface area contributed by atoms with E-state index in [2.05, 4.69) is 44.5 Å². The number of nitrogens with one attached hydrogen (secondary N) is 8. The van der Waals surface area contributed by atoms with Crippen molar-refractivity contribution in [1.29, 1.82) is 10.8 Å². The number of nitrogens with two attached hydrogens (primary N) is 2. The highest BCUT2D eigenvalue weighted by molar-refractivity contribution is 7.80. The SMILES string of the molecule is N=C(N)NCCC[C@H](NC(=O)Cc1ccc(CNC=O)cc1)C(=O)N[C@@H](CCCNC(=N)N)C(=O)N[C@@H](CS)C(=O)O. The molecule has 0 fully saturated rings. The number of carbonyl (C=O) groups is 5. The van der Waals surface area contributed by atoms with Crippen LogP contribution in [0, 0.1) is 10.8 Å². The van der Waals surface area contributed by atoms with E-state index in [-0.39, 0.29) is 50.0 Å². The first kappa shape index (κ1) is 35.5. The monoisotopic (exact) mass is 608 g/mol. The Kier molecular flexibility index (Phi) is 16.5. The van der Waals surface area contributed by atoms with Gasteiger partial charge in [-0.1, -0.05) is 24.3 Å². The minimum atomic E-state index is -1.29. The van der Waals surface area contributed by atoms with Crippen molar-refractivity contribution in [3.63, 3.8) is 0 Å². The third-order valence-corrected chi connectivity index (χ3v) is 6.19. The molecule has 17 heteroatoms. The zero-order valence-corrected chi connectivity index (χ0v) is 24.0. The fourth-order valence-corrected chi connectivity index (χ4v) is 3.94. The van der Waals surface area contributed by atoms with Crippen molar-refractivity contribution < 1.29 is 29.1 Å². The molecule has 0 spiro atoms. The summed E-state index contributed by atoms with van der Waals surface area (Å²) in [5.74, 6) is -3.86. The molecule has 4 amide bonds. The Hall–Kier alpha value is -4.54. The van der Waals surface area contributed by atoms with Gasteiger partial charge in [-0.15, -0.1) is 0 Å². The Balaban J connectivity index is 3.00. The van der Waals surface area contributed by atoms with Crippen molar-refractivity contribution in [2.75, 3.05) is 18.8 Å². The molecule has 0 aliphatic rings. The second-order valence-corrected chi connectivity index (χ2v) is 9.59. The highest BCUT2D eigenvalue weighted by Gasteiger charge is 2.29. The fraction of sp³-hybridized carbons (Fsp3) is 0.480. The van der Waals surface area contributed by atoms with Crippen molar-refractivity contribution >= 4 is 54.6 Å². The van der Waals surface area contributed by atoms with Crippen LogP contribution in [0.4, 0.5) is 0 Å². The largest absolute Gasteiger partial charge is 0.480 e. The zero-order valence-electron chi connectivity index (χ0n) is 23.1. The van der Waals surface area contributed by atoms with E-state index in [1.165, 1.54) is 0 Å². The summed E-state index contributed by atoms with van der Waals surface area (Å²) in [4.78, 5) is 61.0. The number of rotatable bonds is 20. The molecule has 232 valence electrons. The van der Waals surface area contributed by atoms with Gasteiger partial charge in [0.1, 0.15) is 18.1 Å². The number of benzene rings is 1. The lowest BCUT2D eigenvalue weighted by Crippen LogP contribution is -2.56. The number of thiol groups is 1. The van der Waals surface area contributed by atoms with Gasteiger partial charge in [0.25, 0.3) is 0 Å². The van der Waals surface area contributed by atoms with Crippen LogP contribution >= 0.6 is 12.6 Å². The van der Waals surface area contributed by atoms with Gasteiger partial charge in [0.05, 0.1) is 6.42 Å². The molecule has 0 aliphatic carbocycles. The summed E-state index contributed by atoms with van der Waals surface area (Å²) in [5, 5.41) is 39.2. The topological polar surface area (TPSA) is 278 Å². The smallest absolute Gasteiger partial charge is 0.327 e. The quantitative estimate of drug-likeness (QED) is 0.0242. The second-order valence-electron chi connectivity index (χ2n) is 9.22. The highest BCUT2D eigenvalue weighted by atomic mass is 32.1. The molecule has 13 N–H and O–H groups in total. The standard InChI is InChI=1S/C25H40N10O6S/c26-24(27)31-9-1-3-17(33-20(37)11-15-5-7-16(8-6-15)12-30-14-36)21(38)34-18(4-2-10-32-25(28)29)22(39)35-19(13-42)23(40)41/h5-8,14,17-19,42H,1-4,9-13H2,(H,30,36)(H,33,37)(H,34,38)(H,35,39)(H,40,41)(H4,26,27,31)(H4,28,29,32)/t17-,18-,19-/m0/s1. The zero-order chi connectivity index (χ0) is 31.5. The highest BCUT2D eigenvalue weighted by Crippen LogP contribution is 2.07. The molecular formula is C25H40N10O6S. The van der Waals surface area contributed by atoms with E-state index in [0.717, 1.165) is 5.56 Å². The first-order valence-corrected chi connectivity index (χ1v) is 13.7. The Bertz CT molecular complexity index is 1090. The summed E-state index contributed by atoms with van der Waals surface area (Å²) in [7, 11) is 0. The van der Waals surface area contributed by atoms with Crippen LogP contribution in [0.3, 0.4) is 0 Å². The van der Waals surface area contributed by atoms with Crippen LogP contribution in [0.15, 0.2) is 24.3 Å². The number of hydrogen-bond acceptors (Lipinski definition) is 8. The first-order valence-electron chi connectivity index (χ1n) is 13.1. The van der Waals surface area contributed by atoms with Crippen LogP contribution in [0.2, 0.25) is 0 Å². The predicted octanol–water partition coefficient (Wildman–Crippen LogP) is -2.53. The Labute approximate surface area is 248 Å². The van der Waals surface area contributed by atoms with Crippen molar-refractivity contribution in [3.05, 3.63) is 35.4 Å². The van der Waals surface area contributed by atoms with Gasteiger partial charge in [0.15, 0.2) is 11.9 Å². The summed E-state index contributed by atoms with van der Waals surface area (Å²) < 4.78 is 0. The normalized spacial score (nSPS) is 12.5. The number of carbonyl (C=O) groups excluding carboxylic acids is 4. The van der Waals surface area contributed by atoms with Crippen LogP contribution in [-0.2, 0) is 36.9 Å². The number of carboxylic acids is 1. The van der Waals surface area contributed by atoms with Crippen LogP contribution < -0.4 is 43.4 Å². The molecule has 0 aromatic heterocycles. The molecule has 1 aromatic rings. The molecule has 3 atom stereocenters. The maximum absolute atomic E-state index is 13.3. The van der Waals surface area contributed by atoms with E-state index in [1.54, 1.807) is 24.3 Å². The van der Waals surface area contributed by atoms with Crippen LogP contribution in [0.25, 0.3) is 0 Å². The Morgan fingerprint density at radius 3 is 1.76 bits per heavy atom. The molecular weight excluding hydrogens is 568 g/mol. The van der Waals surface area contributed by atoms with Crippen molar-refractivity contribution in [1.82, 2.24) is 31.9 Å². The Morgan fingerprint density at radius 1 is 0.833 bits per heavy atom. The maximum Gasteiger partial charge on any atom is 0.327 e. The van der Waals surface area contributed by atoms with Gasteiger partial charge in [-0.05, 0) is 36.8 Å². The molecule has 0 bridgehead atoms. The average molecular weight is 609 g/mol. The second kappa shape index (κ2) is 19.5. The summed E-state index contributed by atoms with van der Waals surface area (Å²) in [6.07, 6.45) is 1.41. The van der Waals surface area contributed by atoms with E-state index in [4.69, 9.17) is 22.3 Å². The molecule has 0 unspecified atom stereocenters. The number of carboxylic acid groups (broad SMARTS) is 1. The van der Waals surface area contributed by atoms with E-state index in [9.17, 15) is 29.1 Å². The van der Waals surface area contributed by atoms with Gasteiger partial charge in [-0.25, -0.2) is 4.79 Å². The van der Waals surface area contributed by atoms with E-state index in [1.807, 2.05) is 0 Å². The average Bonchev–Trinajstić information content (AvgIpc) is 2.93. The first-order chi connectivity index (χ1) is 20.0. The predicted molar refractivity (Wildman–Crippen MR) is 159 cm³/mol. The molecule has 1 aromatic carbocycles. The minimum Gasteiger partial charge on any atom is -0.480 e. The number of aliphatic carboxylic acids is 1. The van der Waals surface area contributed by atoms with Crippen LogP contribution in [-0.4, -0.2) is 84.1 Å². The Morgan fingerprint density at radius 2 is 1.31 bits per heavy atom. The fourth-order valence-electron chi connectivity index (χ4n) is 3.69. The van der Waals surface area contributed by atoms with E-state index < -0.39 is 41.8 Å². The van der Waals surface area contributed by atoms with Gasteiger partial charge >= 0.3 is 5.97 Å². The van der Waals surface area contributed by atoms with Crippen molar-refractivity contribution in [3.8, 4) is 0 Å². The summed E-state index contributed by atoms with van der Waals surface area (Å²) in [5.41, 5.74) is 12.1. The lowest BCUT2D eigenvalue weighted by Gasteiger charge is -2.24. The molecule has 1 rings (SSSR count). The third kappa shape index (κ3) is 14.7. The lowest BCUT2D eigenvalue weighted by atomic mass is 10.1. The minimum absolute atomic E-state index is 0.0419. The van der Waals surface area contributed by atoms with Crippen LogP contribution in [0.5, 0.6) is 0 Å². The summed E-state index contributed by atoms with van der Waals surface area (Å²) in [6.45, 7) is 0.826. The molecule has 0 saturated heterocycles. The van der Waals surface area contributed by atoms with Gasteiger partial charge < -0.3 is 48.5 Å². The number of amides is 4. The molecule has 0 saturated carbocycles. The number of hydrogen-bond donors (Lipinski definition) is 12. The molecule has 16 nitrogen and oxygen atoms in total. The lowest BCUT2D eigenvalue weighted by molar-refractivity contribution is -0.141. The molecule has 0 radical (unpaired) electrons. The van der Waals surface area contributed by atoms with Gasteiger partial charge in [-0.2, -0.15) is 12.6 Å². The number of guanidine groups is 2. The van der Waals surface area contributed by atoms with Gasteiger partial charge in [0.2, 0.25) is 24.1 Å². The van der Waals surface area contributed by atoms with Crippen LogP contribution in [0.1, 0.15) is 36.8 Å². The van der Waals surface area contributed by atoms with E-state index >= 15 is 0 Å². The van der Waals surface area contributed by atoms with Crippen molar-refractivity contribution in [2.24, 2.45) is 11.5 Å².